The lowest BCUT2D eigenvalue weighted by atomic mass is 10.0. The summed E-state index contributed by atoms with van der Waals surface area (Å²) in [7, 11) is 0. The van der Waals surface area contributed by atoms with Crippen LogP contribution in [0.3, 0.4) is 0 Å². The lowest BCUT2D eigenvalue weighted by molar-refractivity contribution is -0.150. The number of rotatable bonds is 38. The van der Waals surface area contributed by atoms with Crippen LogP contribution in [0, 0.1) is 0 Å². The van der Waals surface area contributed by atoms with Gasteiger partial charge in [-0.3, -0.25) is 9.59 Å². The van der Waals surface area contributed by atoms with Crippen molar-refractivity contribution in [2.24, 2.45) is 5.73 Å². The van der Waals surface area contributed by atoms with Gasteiger partial charge < -0.3 is 20.9 Å². The molecule has 0 saturated carbocycles. The topological polar surface area (TPSA) is 119 Å². The lowest BCUT2D eigenvalue weighted by Gasteiger charge is -2.18. The van der Waals surface area contributed by atoms with Gasteiger partial charge in [-0.15, -0.1) is 0 Å². The summed E-state index contributed by atoms with van der Waals surface area (Å²) in [5.74, 6) is -1.28. The molecule has 0 radical (unpaired) electrons. The van der Waals surface area contributed by atoms with Crippen LogP contribution in [-0.2, 0) is 19.1 Å². The van der Waals surface area contributed by atoms with Gasteiger partial charge in [0.1, 0.15) is 12.1 Å². The molecule has 0 aliphatic rings. The van der Waals surface area contributed by atoms with Crippen LogP contribution < -0.4 is 11.1 Å². The molecule has 0 aliphatic carbocycles. The first-order chi connectivity index (χ1) is 24.9. The minimum atomic E-state index is -1.01. The number of nitrogens with one attached hydrogen (secondary N) is 1. The molecule has 0 spiro atoms. The molecular weight excluding hydrogens is 636 g/mol. The van der Waals surface area contributed by atoms with E-state index in [9.17, 15) is 19.5 Å². The van der Waals surface area contributed by atoms with Gasteiger partial charge in [-0.05, 0) is 96.4 Å². The molecule has 0 aromatic carbocycles. The second-order valence-corrected chi connectivity index (χ2v) is 14.4. The van der Waals surface area contributed by atoms with Gasteiger partial charge in [0.25, 0.3) is 0 Å². The molecule has 0 rings (SSSR count). The molecule has 0 aromatic rings. The summed E-state index contributed by atoms with van der Waals surface area (Å²) in [5, 5.41) is 11.9. The lowest BCUT2D eigenvalue weighted by Crippen LogP contribution is -2.40. The van der Waals surface area contributed by atoms with Crippen LogP contribution in [0.2, 0.25) is 0 Å². The largest absolute Gasteiger partial charge is 0.480 e. The number of hydrogen-bond donors (Lipinski definition) is 3. The van der Waals surface area contributed by atoms with E-state index in [2.05, 4.69) is 55.6 Å². The number of carbonyl (C=O) groups excluding carboxylic acids is 2. The number of carboxylic acids is 1. The van der Waals surface area contributed by atoms with Crippen molar-refractivity contribution in [3.8, 4) is 0 Å². The smallest absolute Gasteiger partial charge is 0.326 e. The molecule has 51 heavy (non-hydrogen) atoms. The SMILES string of the molecule is CCCCCCC/C=C\C/C=C\C/C=C\CCCCCCCCC(=O)OC(CCCCCCC)CCCCCCC(=O)NC(CCCN)C(=O)O. The highest BCUT2D eigenvalue weighted by Gasteiger charge is 2.19. The number of aliphatic carboxylic acids is 1. The van der Waals surface area contributed by atoms with Crippen molar-refractivity contribution in [1.29, 1.82) is 0 Å². The number of carbonyl (C=O) groups is 3. The average molecular weight is 717 g/mol. The Balaban J connectivity index is 4.05. The van der Waals surface area contributed by atoms with E-state index in [1.54, 1.807) is 0 Å². The molecule has 0 aromatic heterocycles. The molecule has 4 N–H and O–H groups in total. The third-order valence-electron chi connectivity index (χ3n) is 9.46. The fourth-order valence-electron chi connectivity index (χ4n) is 6.22. The van der Waals surface area contributed by atoms with Crippen LogP contribution in [0.15, 0.2) is 36.5 Å². The third-order valence-corrected chi connectivity index (χ3v) is 9.46. The molecule has 0 saturated heterocycles. The maximum Gasteiger partial charge on any atom is 0.326 e. The quantitative estimate of drug-likeness (QED) is 0.0332. The fraction of sp³-hybridized carbons (Fsp3) is 0.795. The van der Waals surface area contributed by atoms with Crippen molar-refractivity contribution in [2.45, 2.75) is 219 Å². The fourth-order valence-corrected chi connectivity index (χ4v) is 6.22. The van der Waals surface area contributed by atoms with E-state index >= 15 is 0 Å². The van der Waals surface area contributed by atoms with Gasteiger partial charge in [-0.25, -0.2) is 4.79 Å². The summed E-state index contributed by atoms with van der Waals surface area (Å²) in [6.45, 7) is 4.89. The van der Waals surface area contributed by atoms with Crippen LogP contribution in [0.5, 0.6) is 0 Å². The highest BCUT2D eigenvalue weighted by atomic mass is 16.5. The second-order valence-electron chi connectivity index (χ2n) is 14.4. The monoisotopic (exact) mass is 717 g/mol. The van der Waals surface area contributed by atoms with Crippen molar-refractivity contribution in [3.05, 3.63) is 36.5 Å². The van der Waals surface area contributed by atoms with E-state index in [1.807, 2.05) is 0 Å². The molecule has 7 nitrogen and oxygen atoms in total. The van der Waals surface area contributed by atoms with Crippen LogP contribution in [0.4, 0.5) is 0 Å². The molecular formula is C44H80N2O5. The van der Waals surface area contributed by atoms with Gasteiger partial charge >= 0.3 is 11.9 Å². The predicted octanol–water partition coefficient (Wildman–Crippen LogP) is 11.8. The second kappa shape index (κ2) is 38.8. The van der Waals surface area contributed by atoms with Crippen molar-refractivity contribution < 1.29 is 24.2 Å². The first-order valence-electron chi connectivity index (χ1n) is 21.3. The van der Waals surface area contributed by atoms with E-state index in [0.29, 0.717) is 32.2 Å². The number of allylic oxidation sites excluding steroid dienone is 6. The molecule has 1 amide bonds. The predicted molar refractivity (Wildman–Crippen MR) is 216 cm³/mol. The van der Waals surface area contributed by atoms with Crippen molar-refractivity contribution in [3.63, 3.8) is 0 Å². The van der Waals surface area contributed by atoms with Crippen molar-refractivity contribution in [2.75, 3.05) is 6.54 Å². The normalized spacial score (nSPS) is 13.0. The number of unbranched alkanes of at least 4 members (excludes halogenated alkanes) is 18. The van der Waals surface area contributed by atoms with Gasteiger partial charge in [0.2, 0.25) is 5.91 Å². The summed E-state index contributed by atoms with van der Waals surface area (Å²) < 4.78 is 5.96. The number of carboxylic acid groups (broad SMARTS) is 1. The number of hydrogen-bond acceptors (Lipinski definition) is 5. The van der Waals surface area contributed by atoms with Gasteiger partial charge in [0, 0.05) is 12.8 Å². The molecule has 0 aliphatic heterocycles. The number of amides is 1. The highest BCUT2D eigenvalue weighted by molar-refractivity contribution is 5.83. The van der Waals surface area contributed by atoms with Crippen molar-refractivity contribution >= 4 is 17.8 Å². The Bertz CT molecular complexity index is 900. The zero-order valence-electron chi connectivity index (χ0n) is 33.2. The third kappa shape index (κ3) is 35.8. The minimum absolute atomic E-state index is 0.0171. The van der Waals surface area contributed by atoms with E-state index in [4.69, 9.17) is 10.5 Å². The Morgan fingerprint density at radius 3 is 1.53 bits per heavy atom. The summed E-state index contributed by atoms with van der Waals surface area (Å²) in [6, 6.07) is -0.864. The first-order valence-corrected chi connectivity index (χ1v) is 21.3. The molecule has 2 unspecified atom stereocenters. The highest BCUT2D eigenvalue weighted by Crippen LogP contribution is 2.18. The molecule has 0 heterocycles. The standard InChI is InChI=1S/C44H80N2O5/c1-3-5-7-9-10-11-12-13-14-15-16-17-18-19-20-21-22-23-24-26-32-38-43(48)51-40(34-29-25-8-6-4-2)35-30-27-28-31-37-42(47)46-41(44(49)50)36-33-39-45/h12-13,15-16,18-19,40-41H,3-11,14,17,20-39,45H2,1-2H3,(H,46,47)(H,49,50)/b13-12-,16-15-,19-18-. The van der Waals surface area contributed by atoms with Crippen LogP contribution in [0.25, 0.3) is 0 Å². The number of esters is 1. The van der Waals surface area contributed by atoms with Crippen molar-refractivity contribution in [1.82, 2.24) is 5.32 Å². The molecule has 2 atom stereocenters. The van der Waals surface area contributed by atoms with Gasteiger partial charge in [-0.2, -0.15) is 0 Å². The van der Waals surface area contributed by atoms with Gasteiger partial charge in [-0.1, -0.05) is 140 Å². The van der Waals surface area contributed by atoms with Crippen LogP contribution >= 0.6 is 0 Å². The summed E-state index contributed by atoms with van der Waals surface area (Å²) in [4.78, 5) is 36.2. The van der Waals surface area contributed by atoms with Crippen LogP contribution in [0.1, 0.15) is 206 Å². The Hall–Kier alpha value is -2.41. The summed E-state index contributed by atoms with van der Waals surface area (Å²) in [6.07, 6.45) is 44.9. The molecule has 0 fully saturated rings. The summed E-state index contributed by atoms with van der Waals surface area (Å²) in [5.41, 5.74) is 5.47. The maximum absolute atomic E-state index is 12.7. The van der Waals surface area contributed by atoms with Gasteiger partial charge in [0.15, 0.2) is 0 Å². The Morgan fingerprint density at radius 2 is 1.02 bits per heavy atom. The minimum Gasteiger partial charge on any atom is -0.480 e. The van der Waals surface area contributed by atoms with Gasteiger partial charge in [0.05, 0.1) is 0 Å². The summed E-state index contributed by atoms with van der Waals surface area (Å²) >= 11 is 0. The number of nitrogens with two attached hydrogens (primary N) is 1. The first kappa shape index (κ1) is 48.6. The maximum atomic E-state index is 12.7. The zero-order chi connectivity index (χ0) is 37.5. The van der Waals surface area contributed by atoms with E-state index in [0.717, 1.165) is 77.0 Å². The van der Waals surface area contributed by atoms with E-state index in [1.165, 1.54) is 89.9 Å². The molecule has 296 valence electrons. The Kier molecular flexibility index (Phi) is 37.0. The molecule has 0 bridgehead atoms. The zero-order valence-corrected chi connectivity index (χ0v) is 33.2. The Morgan fingerprint density at radius 1 is 0.569 bits per heavy atom. The van der Waals surface area contributed by atoms with E-state index in [-0.39, 0.29) is 18.0 Å². The Labute approximate surface area is 314 Å². The molecule has 7 heteroatoms. The number of ether oxygens (including phenoxy) is 1. The average Bonchev–Trinajstić information content (AvgIpc) is 3.11. The van der Waals surface area contributed by atoms with Crippen LogP contribution in [-0.4, -0.2) is 41.6 Å². The van der Waals surface area contributed by atoms with E-state index < -0.39 is 12.0 Å².